The van der Waals surface area contributed by atoms with Crippen LogP contribution < -0.4 is 9.46 Å². The summed E-state index contributed by atoms with van der Waals surface area (Å²) < 4.78 is 79.4. The van der Waals surface area contributed by atoms with E-state index >= 15 is 0 Å². The van der Waals surface area contributed by atoms with Crippen molar-refractivity contribution in [2.24, 2.45) is 0 Å². The molecule has 0 aromatic heterocycles. The molecule has 1 fully saturated rings. The first kappa shape index (κ1) is 23.9. The number of nitrogens with one attached hydrogen (secondary N) is 1. The predicted molar refractivity (Wildman–Crippen MR) is 111 cm³/mol. The van der Waals surface area contributed by atoms with Crippen molar-refractivity contribution in [1.29, 1.82) is 0 Å². The SMILES string of the molecule is COc1ccc(CC(=O)O)cc1S(=O)(=O)Nc1ccc(F)c(S(=O)(=O)N2CCOCC2)c1. The Kier molecular flexibility index (Phi) is 7.03. The number of carboxylic acids is 1. The molecule has 3 rings (SSSR count). The Morgan fingerprint density at radius 2 is 1.81 bits per heavy atom. The van der Waals surface area contributed by atoms with Gasteiger partial charge in [-0.3, -0.25) is 9.52 Å². The summed E-state index contributed by atoms with van der Waals surface area (Å²) in [6, 6.07) is 6.69. The highest BCUT2D eigenvalue weighted by atomic mass is 32.2. The molecule has 0 bridgehead atoms. The number of halogens is 1. The molecule has 2 N–H and O–H groups in total. The smallest absolute Gasteiger partial charge is 0.307 e. The molecule has 0 saturated carbocycles. The van der Waals surface area contributed by atoms with Gasteiger partial charge < -0.3 is 14.6 Å². The van der Waals surface area contributed by atoms with E-state index in [1.54, 1.807) is 0 Å². The van der Waals surface area contributed by atoms with Crippen molar-refractivity contribution in [1.82, 2.24) is 4.31 Å². The van der Waals surface area contributed by atoms with Gasteiger partial charge in [-0.25, -0.2) is 21.2 Å². The average Bonchev–Trinajstić information content (AvgIpc) is 2.75. The third-order valence-corrected chi connectivity index (χ3v) is 7.96. The second kappa shape index (κ2) is 9.40. The van der Waals surface area contributed by atoms with Gasteiger partial charge in [0.25, 0.3) is 10.0 Å². The molecule has 1 saturated heterocycles. The van der Waals surface area contributed by atoms with Crippen LogP contribution in [0.15, 0.2) is 46.2 Å². The van der Waals surface area contributed by atoms with Gasteiger partial charge in [-0.15, -0.1) is 0 Å². The molecule has 2 aromatic carbocycles. The Morgan fingerprint density at radius 3 is 2.44 bits per heavy atom. The molecular weight excluding hydrogens is 467 g/mol. The maximum Gasteiger partial charge on any atom is 0.307 e. The molecule has 2 aromatic rings. The number of morpholine rings is 1. The minimum absolute atomic E-state index is 0.0464. The van der Waals surface area contributed by atoms with Crippen LogP contribution in [0.2, 0.25) is 0 Å². The van der Waals surface area contributed by atoms with Gasteiger partial charge in [0.1, 0.15) is 21.4 Å². The number of aliphatic carboxylic acids is 1. The first-order valence-electron chi connectivity index (χ1n) is 9.33. The highest BCUT2D eigenvalue weighted by Gasteiger charge is 2.30. The summed E-state index contributed by atoms with van der Waals surface area (Å²) in [5.74, 6) is -2.22. The summed E-state index contributed by atoms with van der Waals surface area (Å²) in [7, 11) is -7.30. The summed E-state index contributed by atoms with van der Waals surface area (Å²) in [6.45, 7) is 0.426. The monoisotopic (exact) mass is 488 g/mol. The number of hydrogen-bond acceptors (Lipinski definition) is 7. The summed E-state index contributed by atoms with van der Waals surface area (Å²) in [5.41, 5.74) is 0.0253. The van der Waals surface area contributed by atoms with Crippen LogP contribution in [-0.4, -0.2) is 65.6 Å². The molecule has 0 unspecified atom stereocenters. The highest BCUT2D eigenvalue weighted by Crippen LogP contribution is 2.29. The van der Waals surface area contributed by atoms with Crippen LogP contribution >= 0.6 is 0 Å². The fourth-order valence-corrected chi connectivity index (χ4v) is 5.88. The second-order valence-corrected chi connectivity index (χ2v) is 10.4. The van der Waals surface area contributed by atoms with Gasteiger partial charge in [-0.05, 0) is 35.9 Å². The van der Waals surface area contributed by atoms with Crippen LogP contribution in [0.4, 0.5) is 10.1 Å². The number of nitrogens with zero attached hydrogens (tertiary/aromatic N) is 1. The molecular formula is C19H21FN2O8S2. The van der Waals surface area contributed by atoms with E-state index in [1.807, 2.05) is 0 Å². The molecule has 1 aliphatic heterocycles. The van der Waals surface area contributed by atoms with E-state index in [2.05, 4.69) is 4.72 Å². The number of carbonyl (C=O) groups is 1. The van der Waals surface area contributed by atoms with Crippen molar-refractivity contribution in [2.45, 2.75) is 16.2 Å². The number of carboxylic acid groups (broad SMARTS) is 1. The molecule has 0 amide bonds. The fourth-order valence-electron chi connectivity index (χ4n) is 3.12. The van der Waals surface area contributed by atoms with Gasteiger partial charge in [-0.2, -0.15) is 4.31 Å². The zero-order chi connectivity index (χ0) is 23.5. The molecule has 0 radical (unpaired) electrons. The van der Waals surface area contributed by atoms with E-state index in [9.17, 15) is 26.0 Å². The quantitative estimate of drug-likeness (QED) is 0.567. The Morgan fingerprint density at radius 1 is 1.12 bits per heavy atom. The number of anilines is 1. The normalized spacial score (nSPS) is 15.3. The molecule has 0 atom stereocenters. The van der Waals surface area contributed by atoms with Crippen LogP contribution in [0.25, 0.3) is 0 Å². The van der Waals surface area contributed by atoms with Gasteiger partial charge >= 0.3 is 5.97 Å². The van der Waals surface area contributed by atoms with Gasteiger partial charge in [0.15, 0.2) is 0 Å². The Bertz CT molecular complexity index is 1230. The van der Waals surface area contributed by atoms with Gasteiger partial charge in [0, 0.05) is 13.1 Å². The predicted octanol–water partition coefficient (Wildman–Crippen LogP) is 1.28. The summed E-state index contributed by atoms with van der Waals surface area (Å²) >= 11 is 0. The van der Waals surface area contributed by atoms with E-state index in [0.29, 0.717) is 0 Å². The van der Waals surface area contributed by atoms with E-state index in [1.165, 1.54) is 19.2 Å². The lowest BCUT2D eigenvalue weighted by Crippen LogP contribution is -2.40. The second-order valence-electron chi connectivity index (χ2n) is 6.82. The third-order valence-electron chi connectivity index (χ3n) is 4.64. The number of methoxy groups -OCH3 is 1. The summed E-state index contributed by atoms with van der Waals surface area (Å²) in [5, 5.41) is 8.96. The van der Waals surface area contributed by atoms with Crippen LogP contribution in [0.3, 0.4) is 0 Å². The van der Waals surface area contributed by atoms with Gasteiger partial charge in [0.2, 0.25) is 10.0 Å². The lowest BCUT2D eigenvalue weighted by Gasteiger charge is -2.26. The van der Waals surface area contributed by atoms with Crippen LogP contribution in [-0.2, 0) is 36.0 Å². The first-order chi connectivity index (χ1) is 15.0. The van der Waals surface area contributed by atoms with Gasteiger partial charge in [0.05, 0.1) is 32.4 Å². The van der Waals surface area contributed by atoms with Crippen molar-refractivity contribution in [2.75, 3.05) is 38.1 Å². The minimum Gasteiger partial charge on any atom is -0.495 e. The lowest BCUT2D eigenvalue weighted by atomic mass is 10.1. The Balaban J connectivity index is 1.97. The Hall–Kier alpha value is -2.74. The van der Waals surface area contributed by atoms with Crippen molar-refractivity contribution in [3.8, 4) is 5.75 Å². The topological polar surface area (TPSA) is 139 Å². The summed E-state index contributed by atoms with van der Waals surface area (Å²) in [6.07, 6.45) is -0.412. The lowest BCUT2D eigenvalue weighted by molar-refractivity contribution is -0.136. The maximum absolute atomic E-state index is 14.4. The van der Waals surface area contributed by atoms with Crippen molar-refractivity contribution >= 4 is 31.7 Å². The average molecular weight is 489 g/mol. The van der Waals surface area contributed by atoms with Crippen LogP contribution in [0.5, 0.6) is 5.75 Å². The number of rotatable bonds is 8. The number of ether oxygens (including phenoxy) is 2. The fraction of sp³-hybridized carbons (Fsp3) is 0.316. The van der Waals surface area contributed by atoms with E-state index in [-0.39, 0.29) is 48.2 Å². The largest absolute Gasteiger partial charge is 0.495 e. The molecule has 10 nitrogen and oxygen atoms in total. The highest BCUT2D eigenvalue weighted by molar-refractivity contribution is 7.92. The molecule has 13 heteroatoms. The van der Waals surface area contributed by atoms with Crippen LogP contribution in [0.1, 0.15) is 5.56 Å². The number of benzene rings is 2. The van der Waals surface area contributed by atoms with Crippen LogP contribution in [0, 0.1) is 5.82 Å². The minimum atomic E-state index is -4.33. The third kappa shape index (κ3) is 5.18. The number of hydrogen-bond donors (Lipinski definition) is 2. The van der Waals surface area contributed by atoms with E-state index in [0.717, 1.165) is 28.6 Å². The Labute approximate surface area is 184 Å². The maximum atomic E-state index is 14.4. The van der Waals surface area contributed by atoms with Crippen molar-refractivity contribution in [3.63, 3.8) is 0 Å². The molecule has 32 heavy (non-hydrogen) atoms. The standard InChI is InChI=1S/C19H21FN2O8S2/c1-29-16-5-2-13(11-19(23)24)10-18(16)31(25,26)21-14-3-4-15(20)17(12-14)32(27,28)22-6-8-30-9-7-22/h2-5,10,12,21H,6-9,11H2,1H3,(H,23,24). The first-order valence-corrected chi connectivity index (χ1v) is 12.3. The summed E-state index contributed by atoms with van der Waals surface area (Å²) in [4.78, 5) is 9.95. The zero-order valence-electron chi connectivity index (χ0n) is 16.9. The van der Waals surface area contributed by atoms with E-state index in [4.69, 9.17) is 14.6 Å². The van der Waals surface area contributed by atoms with Crippen molar-refractivity contribution < 1.29 is 40.6 Å². The zero-order valence-corrected chi connectivity index (χ0v) is 18.6. The number of sulfonamides is 2. The molecule has 1 aliphatic rings. The van der Waals surface area contributed by atoms with Gasteiger partial charge in [-0.1, -0.05) is 6.07 Å². The molecule has 1 heterocycles. The van der Waals surface area contributed by atoms with E-state index < -0.39 is 43.1 Å². The molecule has 0 aliphatic carbocycles. The van der Waals surface area contributed by atoms with Crippen molar-refractivity contribution in [3.05, 3.63) is 47.8 Å². The molecule has 0 spiro atoms. The molecule has 174 valence electrons.